The Bertz CT molecular complexity index is 597. The van der Waals surface area contributed by atoms with Crippen molar-refractivity contribution in [2.24, 2.45) is 0 Å². The number of carbonyl (C=O) groups excluding carboxylic acids is 2. The summed E-state index contributed by atoms with van der Waals surface area (Å²) in [4.78, 5) is 30.8. The number of urea groups is 1. The van der Waals surface area contributed by atoms with Gasteiger partial charge in [-0.1, -0.05) is 0 Å². The fourth-order valence-corrected chi connectivity index (χ4v) is 3.42. The van der Waals surface area contributed by atoms with E-state index in [1.165, 1.54) is 4.90 Å². The van der Waals surface area contributed by atoms with Crippen LogP contribution in [-0.4, -0.2) is 72.7 Å². The number of hydrogen-bond acceptors (Lipinski definition) is 8. The zero-order valence-corrected chi connectivity index (χ0v) is 16.0. The Morgan fingerprint density at radius 1 is 1.33 bits per heavy atom. The number of hydrogen-bond donors (Lipinski definition) is 2. The fraction of sp³-hybridized carbons (Fsp3) is 0.818. The number of nitrogens with zero attached hydrogens (tertiary/aromatic N) is 2. The molecule has 3 fully saturated rings. The molecule has 0 aromatic carbocycles. The summed E-state index contributed by atoms with van der Waals surface area (Å²) in [6.45, 7) is 1.57. The van der Waals surface area contributed by atoms with Crippen molar-refractivity contribution in [1.29, 1.82) is 0 Å². The first-order valence-electron chi connectivity index (χ1n) is 7.26. The summed E-state index contributed by atoms with van der Waals surface area (Å²) in [7, 11) is -5.04. The van der Waals surface area contributed by atoms with Crippen molar-refractivity contribution in [2.45, 2.75) is 37.5 Å². The smallest absolute Gasteiger partial charge is 0.724 e. The van der Waals surface area contributed by atoms with Crippen molar-refractivity contribution in [2.75, 3.05) is 19.6 Å². The standard InChI is InChI=1S/C11H18N4O7S.Na/c16-10(13-21-8-3-4-12-5-8)9-2-1-7-6-14(9)11(17)15(7)22-23(18,19)20;/h7-9,12H,1-6H2,(H,13,16)(H,18,19,20);/q;+1/p-1/t7-,8+,9+;/m1./s1. The van der Waals surface area contributed by atoms with Gasteiger partial charge in [0, 0.05) is 13.1 Å². The van der Waals surface area contributed by atoms with Crippen LogP contribution in [0, 0.1) is 0 Å². The van der Waals surface area contributed by atoms with Gasteiger partial charge in [-0.15, -0.1) is 0 Å². The molecule has 11 nitrogen and oxygen atoms in total. The van der Waals surface area contributed by atoms with E-state index < -0.39 is 34.4 Å². The first-order chi connectivity index (χ1) is 10.8. The number of rotatable bonds is 5. The second-order valence-corrected chi connectivity index (χ2v) is 6.66. The third-order valence-electron chi connectivity index (χ3n) is 4.14. The molecule has 13 heteroatoms. The summed E-state index contributed by atoms with van der Waals surface area (Å²) >= 11 is 0. The van der Waals surface area contributed by atoms with E-state index in [2.05, 4.69) is 15.1 Å². The van der Waals surface area contributed by atoms with Crippen LogP contribution in [0.1, 0.15) is 19.3 Å². The van der Waals surface area contributed by atoms with Crippen molar-refractivity contribution < 1.29 is 61.2 Å². The van der Waals surface area contributed by atoms with E-state index in [9.17, 15) is 22.6 Å². The van der Waals surface area contributed by atoms with Gasteiger partial charge in [0.25, 0.3) is 5.91 Å². The van der Waals surface area contributed by atoms with E-state index >= 15 is 0 Å². The van der Waals surface area contributed by atoms with Gasteiger partial charge in [0.2, 0.25) is 10.4 Å². The number of nitrogens with one attached hydrogen (secondary N) is 2. The number of amides is 3. The third kappa shape index (κ3) is 4.38. The number of carbonyl (C=O) groups is 2. The topological polar surface area (TPSA) is 140 Å². The molecule has 3 aliphatic heterocycles. The zero-order chi connectivity index (χ0) is 16.6. The van der Waals surface area contributed by atoms with Gasteiger partial charge in [0.1, 0.15) is 6.04 Å². The second kappa shape index (κ2) is 7.83. The molecule has 24 heavy (non-hydrogen) atoms. The molecular formula is C11H17N4NaO7S. The first kappa shape index (κ1) is 19.8. The molecule has 3 rings (SSSR count). The molecule has 3 aliphatic rings. The molecule has 3 heterocycles. The summed E-state index contributed by atoms with van der Waals surface area (Å²) in [5, 5.41) is 3.63. The first-order valence-corrected chi connectivity index (χ1v) is 8.60. The minimum atomic E-state index is -5.04. The van der Waals surface area contributed by atoms with Gasteiger partial charge in [-0.2, -0.15) is 9.35 Å². The quantitative estimate of drug-likeness (QED) is 0.212. The van der Waals surface area contributed by atoms with Crippen molar-refractivity contribution in [3.8, 4) is 0 Å². The van der Waals surface area contributed by atoms with Crippen molar-refractivity contribution in [1.82, 2.24) is 20.8 Å². The van der Waals surface area contributed by atoms with E-state index in [-0.39, 0.29) is 42.2 Å². The summed E-state index contributed by atoms with van der Waals surface area (Å²) in [6, 6.07) is -2.15. The number of fused-ring (bicyclic) bond motifs is 2. The molecule has 2 N–H and O–H groups in total. The van der Waals surface area contributed by atoms with Gasteiger partial charge in [-0.25, -0.2) is 18.7 Å². The predicted octanol–water partition coefficient (Wildman–Crippen LogP) is -4.94. The van der Waals surface area contributed by atoms with Crippen LogP contribution in [0.4, 0.5) is 4.79 Å². The minimum Gasteiger partial charge on any atom is -0.724 e. The number of hydroxylamine groups is 3. The van der Waals surface area contributed by atoms with Crippen molar-refractivity contribution in [3.05, 3.63) is 0 Å². The van der Waals surface area contributed by atoms with E-state index in [0.717, 1.165) is 13.0 Å². The van der Waals surface area contributed by atoms with Crippen LogP contribution in [0.25, 0.3) is 0 Å². The van der Waals surface area contributed by atoms with Crippen LogP contribution < -0.4 is 40.4 Å². The van der Waals surface area contributed by atoms with Gasteiger partial charge < -0.3 is 14.8 Å². The molecule has 0 radical (unpaired) electrons. The SMILES string of the molecule is O=C(NO[C@H]1CCNC1)[C@@H]1CC[C@@H]2CN1C(=O)N2OS(=O)(=O)[O-].[Na+]. The van der Waals surface area contributed by atoms with Crippen molar-refractivity contribution in [3.63, 3.8) is 0 Å². The number of piperidine rings is 1. The molecule has 3 saturated heterocycles. The van der Waals surface area contributed by atoms with Crippen LogP contribution in [0.2, 0.25) is 0 Å². The van der Waals surface area contributed by atoms with E-state index in [0.29, 0.717) is 24.4 Å². The van der Waals surface area contributed by atoms with E-state index in [1.807, 2.05) is 0 Å². The molecule has 0 aromatic heterocycles. The van der Waals surface area contributed by atoms with Gasteiger partial charge in [-0.05, 0) is 25.8 Å². The monoisotopic (exact) mass is 372 g/mol. The molecule has 0 aliphatic carbocycles. The Kier molecular flexibility index (Phi) is 6.47. The Labute approximate surface area is 161 Å². The van der Waals surface area contributed by atoms with E-state index in [1.54, 1.807) is 0 Å². The molecular weight excluding hydrogens is 355 g/mol. The van der Waals surface area contributed by atoms with Gasteiger partial charge in [0.05, 0.1) is 12.1 Å². The van der Waals surface area contributed by atoms with Crippen LogP contribution in [-0.2, 0) is 24.3 Å². The maximum absolute atomic E-state index is 12.2. The Morgan fingerprint density at radius 3 is 2.71 bits per heavy atom. The predicted molar refractivity (Wildman–Crippen MR) is 72.0 cm³/mol. The van der Waals surface area contributed by atoms with E-state index in [4.69, 9.17) is 4.84 Å². The second-order valence-electron chi connectivity index (χ2n) is 5.69. The molecule has 2 bridgehead atoms. The Hall–Kier alpha value is -0.470. The Balaban J connectivity index is 0.00000208. The average Bonchev–Trinajstić information content (AvgIpc) is 3.08. The van der Waals surface area contributed by atoms with Gasteiger partial charge >= 0.3 is 35.6 Å². The summed E-state index contributed by atoms with van der Waals surface area (Å²) in [5.41, 5.74) is 2.35. The van der Waals surface area contributed by atoms with Crippen molar-refractivity contribution >= 4 is 22.3 Å². The molecule has 0 saturated carbocycles. The molecule has 3 atom stereocenters. The maximum atomic E-state index is 12.2. The minimum absolute atomic E-state index is 0. The summed E-state index contributed by atoms with van der Waals surface area (Å²) < 4.78 is 36.3. The molecule has 0 aromatic rings. The van der Waals surface area contributed by atoms with Crippen LogP contribution in [0.3, 0.4) is 0 Å². The molecule has 0 unspecified atom stereocenters. The van der Waals surface area contributed by atoms with Crippen LogP contribution in [0.15, 0.2) is 0 Å². The normalized spacial score (nSPS) is 29.5. The maximum Gasteiger partial charge on any atom is 1.00 e. The largest absolute Gasteiger partial charge is 1.00 e. The Morgan fingerprint density at radius 2 is 2.08 bits per heavy atom. The summed E-state index contributed by atoms with van der Waals surface area (Å²) in [5.74, 6) is -0.476. The average molecular weight is 372 g/mol. The molecule has 3 amide bonds. The van der Waals surface area contributed by atoms with Crippen LogP contribution in [0.5, 0.6) is 0 Å². The fourth-order valence-electron chi connectivity index (χ4n) is 3.04. The zero-order valence-electron chi connectivity index (χ0n) is 13.1. The van der Waals surface area contributed by atoms with Crippen LogP contribution >= 0.6 is 0 Å². The molecule has 0 spiro atoms. The van der Waals surface area contributed by atoms with Gasteiger partial charge in [-0.3, -0.25) is 9.63 Å². The third-order valence-corrected chi connectivity index (χ3v) is 4.48. The van der Waals surface area contributed by atoms with Gasteiger partial charge in [0.15, 0.2) is 0 Å². The summed E-state index contributed by atoms with van der Waals surface area (Å²) in [6.07, 6.45) is 1.34. The molecule has 130 valence electrons.